The number of aromatic amines is 1. The second-order valence-corrected chi connectivity index (χ2v) is 6.99. The average Bonchev–Trinajstić information content (AvgIpc) is 3.06. The van der Waals surface area contributed by atoms with Gasteiger partial charge in [0.05, 0.1) is 24.2 Å². The maximum Gasteiger partial charge on any atom is 0.157 e. The van der Waals surface area contributed by atoms with Crippen LogP contribution in [0.1, 0.15) is 25.1 Å². The lowest BCUT2D eigenvalue weighted by Crippen LogP contribution is -2.47. The maximum absolute atomic E-state index is 5.85. The van der Waals surface area contributed by atoms with Gasteiger partial charge < -0.3 is 14.5 Å². The fraction of sp³-hybridized carbons (Fsp3) is 0.632. The van der Waals surface area contributed by atoms with E-state index in [1.165, 1.54) is 12.8 Å². The number of para-hydroxylation sites is 2. The molecular formula is C19H28N4O2. The molecule has 2 aromatic rings. The first-order valence-electron chi connectivity index (χ1n) is 9.48. The van der Waals surface area contributed by atoms with Crippen LogP contribution in [0.4, 0.5) is 0 Å². The lowest BCUT2D eigenvalue weighted by Gasteiger charge is -2.34. The number of nitrogens with zero attached hydrogens (tertiary/aromatic N) is 3. The van der Waals surface area contributed by atoms with E-state index in [2.05, 4.69) is 31.9 Å². The summed E-state index contributed by atoms with van der Waals surface area (Å²) >= 11 is 0. The SMILES string of the molecule is c1ccc2[nH]c(CN3CCN(CCOC4CCCCO4)CC3)nc2c1. The van der Waals surface area contributed by atoms with Gasteiger partial charge in [-0.2, -0.15) is 0 Å². The fourth-order valence-corrected chi connectivity index (χ4v) is 3.62. The quantitative estimate of drug-likeness (QED) is 0.871. The highest BCUT2D eigenvalue weighted by atomic mass is 16.7. The molecule has 2 saturated heterocycles. The Labute approximate surface area is 149 Å². The molecule has 1 aromatic carbocycles. The van der Waals surface area contributed by atoms with Crippen molar-refractivity contribution in [2.45, 2.75) is 32.1 Å². The predicted molar refractivity (Wildman–Crippen MR) is 97.4 cm³/mol. The predicted octanol–water partition coefficient (Wildman–Crippen LogP) is 2.22. The average molecular weight is 344 g/mol. The number of piperazine rings is 1. The molecule has 6 nitrogen and oxygen atoms in total. The van der Waals surface area contributed by atoms with Crippen LogP contribution in [0.3, 0.4) is 0 Å². The molecule has 1 unspecified atom stereocenters. The molecule has 2 fully saturated rings. The number of H-pyrrole nitrogens is 1. The number of benzene rings is 1. The standard InChI is InChI=1S/C19H28N4O2/c1-2-6-17-16(5-1)20-18(21-17)15-23-10-8-22(9-11-23)12-14-25-19-7-3-4-13-24-19/h1-2,5-6,19H,3-4,7-15H2,(H,20,21). The summed E-state index contributed by atoms with van der Waals surface area (Å²) in [5.74, 6) is 1.06. The molecule has 0 spiro atoms. The van der Waals surface area contributed by atoms with Crippen LogP contribution in [0.5, 0.6) is 0 Å². The summed E-state index contributed by atoms with van der Waals surface area (Å²) < 4.78 is 11.5. The second kappa shape index (κ2) is 8.27. The smallest absolute Gasteiger partial charge is 0.157 e. The Hall–Kier alpha value is -1.47. The van der Waals surface area contributed by atoms with Crippen molar-refractivity contribution >= 4 is 11.0 Å². The number of nitrogens with one attached hydrogen (secondary N) is 1. The van der Waals surface area contributed by atoms with E-state index < -0.39 is 0 Å². The third-order valence-electron chi connectivity index (χ3n) is 5.13. The minimum Gasteiger partial charge on any atom is -0.353 e. The Morgan fingerprint density at radius 2 is 1.96 bits per heavy atom. The summed E-state index contributed by atoms with van der Waals surface area (Å²) in [5.41, 5.74) is 2.18. The van der Waals surface area contributed by atoms with Crippen LogP contribution in [0, 0.1) is 0 Å². The first-order chi connectivity index (χ1) is 12.4. The maximum atomic E-state index is 5.85. The zero-order valence-electron chi connectivity index (χ0n) is 14.8. The molecule has 6 heteroatoms. The van der Waals surface area contributed by atoms with Crippen molar-refractivity contribution in [3.05, 3.63) is 30.1 Å². The van der Waals surface area contributed by atoms with Crippen molar-refractivity contribution in [1.29, 1.82) is 0 Å². The molecule has 136 valence electrons. The molecule has 3 heterocycles. The second-order valence-electron chi connectivity index (χ2n) is 6.99. The van der Waals surface area contributed by atoms with Crippen molar-refractivity contribution in [1.82, 2.24) is 19.8 Å². The lowest BCUT2D eigenvalue weighted by atomic mass is 10.2. The van der Waals surface area contributed by atoms with Gasteiger partial charge in [0.2, 0.25) is 0 Å². The summed E-state index contributed by atoms with van der Waals surface area (Å²) in [7, 11) is 0. The van der Waals surface area contributed by atoms with Gasteiger partial charge in [-0.25, -0.2) is 4.98 Å². The van der Waals surface area contributed by atoms with Gasteiger partial charge in [0.25, 0.3) is 0 Å². The number of fused-ring (bicyclic) bond motifs is 1. The lowest BCUT2D eigenvalue weighted by molar-refractivity contribution is -0.164. The molecule has 1 aromatic heterocycles. The Morgan fingerprint density at radius 1 is 1.12 bits per heavy atom. The molecule has 0 radical (unpaired) electrons. The van der Waals surface area contributed by atoms with E-state index >= 15 is 0 Å². The van der Waals surface area contributed by atoms with Crippen LogP contribution in [-0.2, 0) is 16.0 Å². The van der Waals surface area contributed by atoms with Crippen molar-refractivity contribution in [3.8, 4) is 0 Å². The zero-order valence-corrected chi connectivity index (χ0v) is 14.8. The Morgan fingerprint density at radius 3 is 2.76 bits per heavy atom. The van der Waals surface area contributed by atoms with Gasteiger partial charge in [-0.05, 0) is 31.4 Å². The molecule has 25 heavy (non-hydrogen) atoms. The number of hydrogen-bond donors (Lipinski definition) is 1. The molecule has 1 atom stereocenters. The summed E-state index contributed by atoms with van der Waals surface area (Å²) in [6.45, 7) is 7.87. The van der Waals surface area contributed by atoms with E-state index in [0.29, 0.717) is 0 Å². The van der Waals surface area contributed by atoms with Crippen LogP contribution in [0.15, 0.2) is 24.3 Å². The van der Waals surface area contributed by atoms with Crippen LogP contribution in [-0.4, -0.2) is 72.0 Å². The van der Waals surface area contributed by atoms with Gasteiger partial charge in [-0.3, -0.25) is 9.80 Å². The molecule has 2 aliphatic heterocycles. The molecule has 2 aliphatic rings. The number of hydrogen-bond acceptors (Lipinski definition) is 5. The van der Waals surface area contributed by atoms with Crippen molar-refractivity contribution in [2.24, 2.45) is 0 Å². The molecule has 0 saturated carbocycles. The Balaban J connectivity index is 1.18. The molecule has 0 aliphatic carbocycles. The first kappa shape index (κ1) is 17.0. The summed E-state index contributed by atoms with van der Waals surface area (Å²) in [6, 6.07) is 8.22. The summed E-state index contributed by atoms with van der Waals surface area (Å²) in [4.78, 5) is 13.1. The van der Waals surface area contributed by atoms with E-state index in [4.69, 9.17) is 9.47 Å². The highest BCUT2D eigenvalue weighted by molar-refractivity contribution is 5.74. The molecule has 1 N–H and O–H groups in total. The van der Waals surface area contributed by atoms with Gasteiger partial charge in [0.1, 0.15) is 5.82 Å². The van der Waals surface area contributed by atoms with E-state index in [1.54, 1.807) is 0 Å². The third-order valence-corrected chi connectivity index (χ3v) is 5.13. The molecule has 0 amide bonds. The number of imidazole rings is 1. The number of ether oxygens (including phenoxy) is 2. The summed E-state index contributed by atoms with van der Waals surface area (Å²) in [5, 5.41) is 0. The molecule has 0 bridgehead atoms. The van der Waals surface area contributed by atoms with Crippen molar-refractivity contribution < 1.29 is 9.47 Å². The highest BCUT2D eigenvalue weighted by Crippen LogP contribution is 2.15. The monoisotopic (exact) mass is 344 g/mol. The Bertz CT molecular complexity index is 627. The van der Waals surface area contributed by atoms with E-state index in [-0.39, 0.29) is 6.29 Å². The fourth-order valence-electron chi connectivity index (χ4n) is 3.62. The van der Waals surface area contributed by atoms with E-state index in [9.17, 15) is 0 Å². The minimum atomic E-state index is 0.0307. The van der Waals surface area contributed by atoms with Crippen LogP contribution < -0.4 is 0 Å². The Kier molecular flexibility index (Phi) is 5.62. The minimum absolute atomic E-state index is 0.0307. The molecule has 4 rings (SSSR count). The third kappa shape index (κ3) is 4.58. The van der Waals surface area contributed by atoms with Crippen molar-refractivity contribution in [3.63, 3.8) is 0 Å². The topological polar surface area (TPSA) is 53.6 Å². The zero-order chi connectivity index (χ0) is 16.9. The van der Waals surface area contributed by atoms with Crippen LogP contribution >= 0.6 is 0 Å². The van der Waals surface area contributed by atoms with Crippen LogP contribution in [0.25, 0.3) is 11.0 Å². The first-order valence-corrected chi connectivity index (χ1v) is 9.48. The summed E-state index contributed by atoms with van der Waals surface area (Å²) in [6.07, 6.45) is 3.48. The number of aromatic nitrogens is 2. The highest BCUT2D eigenvalue weighted by Gasteiger charge is 2.19. The van der Waals surface area contributed by atoms with Crippen molar-refractivity contribution in [2.75, 3.05) is 45.9 Å². The van der Waals surface area contributed by atoms with Gasteiger partial charge in [0.15, 0.2) is 6.29 Å². The van der Waals surface area contributed by atoms with E-state index in [0.717, 1.165) is 75.8 Å². The van der Waals surface area contributed by atoms with Gasteiger partial charge in [0, 0.05) is 39.3 Å². The normalized spacial score (nSPS) is 23.3. The van der Waals surface area contributed by atoms with Gasteiger partial charge in [-0.15, -0.1) is 0 Å². The number of rotatable bonds is 6. The van der Waals surface area contributed by atoms with Crippen LogP contribution in [0.2, 0.25) is 0 Å². The van der Waals surface area contributed by atoms with E-state index in [1.807, 2.05) is 12.1 Å². The van der Waals surface area contributed by atoms with Gasteiger partial charge in [-0.1, -0.05) is 12.1 Å². The largest absolute Gasteiger partial charge is 0.353 e. The molecular weight excluding hydrogens is 316 g/mol. The van der Waals surface area contributed by atoms with Gasteiger partial charge >= 0.3 is 0 Å².